The van der Waals surface area contributed by atoms with Gasteiger partial charge in [-0.2, -0.15) is 0 Å². The molecule has 1 heterocycles. The quantitative estimate of drug-likeness (QED) is 0.673. The van der Waals surface area contributed by atoms with Gasteiger partial charge in [0.15, 0.2) is 0 Å². The highest BCUT2D eigenvalue weighted by Gasteiger charge is 2.11. The molecule has 0 aromatic carbocycles. The SMILES string of the molecule is CCOC(=O)CC(O)CNCc1ncc(C)o1. The number of carbonyl (C=O) groups excluding carboxylic acids is 1. The Morgan fingerprint density at radius 3 is 3.06 bits per heavy atom. The summed E-state index contributed by atoms with van der Waals surface area (Å²) in [4.78, 5) is 15.0. The third-order valence-corrected chi connectivity index (χ3v) is 2.03. The fraction of sp³-hybridized carbons (Fsp3) is 0.636. The lowest BCUT2D eigenvalue weighted by atomic mass is 10.2. The molecule has 0 bridgehead atoms. The molecule has 1 aromatic heterocycles. The van der Waals surface area contributed by atoms with Crippen LogP contribution >= 0.6 is 0 Å². The molecule has 17 heavy (non-hydrogen) atoms. The van der Waals surface area contributed by atoms with Gasteiger partial charge in [0, 0.05) is 6.54 Å². The topological polar surface area (TPSA) is 84.6 Å². The van der Waals surface area contributed by atoms with Crippen molar-refractivity contribution in [1.29, 1.82) is 0 Å². The van der Waals surface area contributed by atoms with E-state index in [1.54, 1.807) is 13.1 Å². The molecule has 6 nitrogen and oxygen atoms in total. The summed E-state index contributed by atoms with van der Waals surface area (Å²) in [6.07, 6.45) is 0.863. The first-order chi connectivity index (χ1) is 8.11. The normalized spacial score (nSPS) is 12.4. The highest BCUT2D eigenvalue weighted by Crippen LogP contribution is 2.01. The number of aromatic nitrogens is 1. The Bertz CT molecular complexity index is 351. The van der Waals surface area contributed by atoms with Gasteiger partial charge in [-0.05, 0) is 13.8 Å². The van der Waals surface area contributed by atoms with Crippen molar-refractivity contribution in [3.63, 3.8) is 0 Å². The van der Waals surface area contributed by atoms with E-state index in [1.807, 2.05) is 6.92 Å². The second kappa shape index (κ2) is 7.03. The average Bonchev–Trinajstić information content (AvgIpc) is 2.64. The fourth-order valence-corrected chi connectivity index (χ4v) is 1.31. The predicted octanol–water partition coefficient (Wildman–Crippen LogP) is 0.387. The van der Waals surface area contributed by atoms with Crippen LogP contribution in [0.3, 0.4) is 0 Å². The molecule has 0 fully saturated rings. The predicted molar refractivity (Wildman–Crippen MR) is 60.2 cm³/mol. The van der Waals surface area contributed by atoms with Gasteiger partial charge in [-0.15, -0.1) is 0 Å². The van der Waals surface area contributed by atoms with Crippen molar-refractivity contribution in [2.24, 2.45) is 0 Å². The summed E-state index contributed by atoms with van der Waals surface area (Å²) in [5, 5.41) is 12.5. The zero-order valence-electron chi connectivity index (χ0n) is 10.1. The lowest BCUT2D eigenvalue weighted by Crippen LogP contribution is -2.29. The summed E-state index contributed by atoms with van der Waals surface area (Å²) in [6, 6.07) is 0. The molecule has 1 unspecified atom stereocenters. The molecule has 1 aromatic rings. The van der Waals surface area contributed by atoms with Crippen molar-refractivity contribution in [3.8, 4) is 0 Å². The molecular weight excluding hydrogens is 224 g/mol. The monoisotopic (exact) mass is 242 g/mol. The molecule has 0 radical (unpaired) electrons. The van der Waals surface area contributed by atoms with Gasteiger partial charge in [-0.1, -0.05) is 0 Å². The van der Waals surface area contributed by atoms with Crippen LogP contribution in [0.5, 0.6) is 0 Å². The maximum Gasteiger partial charge on any atom is 0.308 e. The number of aliphatic hydroxyl groups is 1. The van der Waals surface area contributed by atoms with Crippen LogP contribution in [0.2, 0.25) is 0 Å². The third-order valence-electron chi connectivity index (χ3n) is 2.03. The third kappa shape index (κ3) is 5.46. The van der Waals surface area contributed by atoms with Gasteiger partial charge in [0.25, 0.3) is 0 Å². The first kappa shape index (κ1) is 13.7. The Labute approximate surface area is 100.0 Å². The number of ether oxygens (including phenoxy) is 1. The molecule has 0 amide bonds. The summed E-state index contributed by atoms with van der Waals surface area (Å²) >= 11 is 0. The van der Waals surface area contributed by atoms with Crippen LogP contribution in [0.1, 0.15) is 25.0 Å². The van der Waals surface area contributed by atoms with Crippen LogP contribution < -0.4 is 5.32 Å². The van der Waals surface area contributed by atoms with E-state index in [4.69, 9.17) is 9.15 Å². The molecule has 1 atom stereocenters. The molecule has 2 N–H and O–H groups in total. The van der Waals surface area contributed by atoms with Crippen LogP contribution in [0.15, 0.2) is 10.6 Å². The second-order valence-electron chi connectivity index (χ2n) is 3.66. The molecule has 0 saturated heterocycles. The van der Waals surface area contributed by atoms with Crippen LogP contribution in [-0.4, -0.2) is 35.3 Å². The van der Waals surface area contributed by atoms with Crippen molar-refractivity contribution < 1.29 is 19.1 Å². The van der Waals surface area contributed by atoms with Crippen LogP contribution in [0, 0.1) is 6.92 Å². The Morgan fingerprint density at radius 2 is 2.47 bits per heavy atom. The van der Waals surface area contributed by atoms with E-state index in [-0.39, 0.29) is 6.42 Å². The Kier molecular flexibility index (Phi) is 5.65. The summed E-state index contributed by atoms with van der Waals surface area (Å²) in [7, 11) is 0. The van der Waals surface area contributed by atoms with E-state index >= 15 is 0 Å². The van der Waals surface area contributed by atoms with E-state index in [2.05, 4.69) is 10.3 Å². The van der Waals surface area contributed by atoms with Gasteiger partial charge in [0.05, 0.1) is 31.9 Å². The molecule has 0 aliphatic rings. The number of rotatable bonds is 7. The first-order valence-corrected chi connectivity index (χ1v) is 5.57. The number of aliphatic hydroxyl groups excluding tert-OH is 1. The number of hydrogen-bond donors (Lipinski definition) is 2. The van der Waals surface area contributed by atoms with Crippen molar-refractivity contribution in [2.45, 2.75) is 32.9 Å². The lowest BCUT2D eigenvalue weighted by Gasteiger charge is -2.09. The number of nitrogens with zero attached hydrogens (tertiary/aromatic N) is 1. The van der Waals surface area contributed by atoms with Gasteiger partial charge < -0.3 is 19.6 Å². The fourth-order valence-electron chi connectivity index (χ4n) is 1.31. The Balaban J connectivity index is 2.15. The van der Waals surface area contributed by atoms with Gasteiger partial charge in [0.1, 0.15) is 5.76 Å². The highest BCUT2D eigenvalue weighted by molar-refractivity contribution is 5.69. The maximum atomic E-state index is 11.0. The minimum absolute atomic E-state index is 0.00848. The lowest BCUT2D eigenvalue weighted by molar-refractivity contribution is -0.145. The van der Waals surface area contributed by atoms with Crippen molar-refractivity contribution in [1.82, 2.24) is 10.3 Å². The van der Waals surface area contributed by atoms with Gasteiger partial charge in [0.2, 0.25) is 5.89 Å². The number of esters is 1. The first-order valence-electron chi connectivity index (χ1n) is 5.57. The summed E-state index contributed by atoms with van der Waals surface area (Å²) in [6.45, 7) is 4.59. The minimum atomic E-state index is -0.759. The number of carbonyl (C=O) groups is 1. The molecule has 6 heteroatoms. The molecule has 0 spiro atoms. The van der Waals surface area contributed by atoms with Crippen molar-refractivity contribution in [3.05, 3.63) is 17.8 Å². The number of aryl methyl sites for hydroxylation is 1. The zero-order valence-corrected chi connectivity index (χ0v) is 10.1. The minimum Gasteiger partial charge on any atom is -0.466 e. The molecule has 0 saturated carbocycles. The molecule has 0 aliphatic heterocycles. The van der Waals surface area contributed by atoms with E-state index in [0.717, 1.165) is 5.76 Å². The largest absolute Gasteiger partial charge is 0.466 e. The summed E-state index contributed by atoms with van der Waals surface area (Å²) in [5.41, 5.74) is 0. The molecule has 0 aliphatic carbocycles. The highest BCUT2D eigenvalue weighted by atomic mass is 16.5. The number of oxazole rings is 1. The maximum absolute atomic E-state index is 11.0. The summed E-state index contributed by atoms with van der Waals surface area (Å²) < 4.78 is 9.96. The van der Waals surface area contributed by atoms with Crippen LogP contribution in [-0.2, 0) is 16.1 Å². The van der Waals surface area contributed by atoms with Crippen molar-refractivity contribution in [2.75, 3.05) is 13.2 Å². The van der Waals surface area contributed by atoms with Gasteiger partial charge >= 0.3 is 5.97 Å². The van der Waals surface area contributed by atoms with E-state index in [1.165, 1.54) is 0 Å². The van der Waals surface area contributed by atoms with Gasteiger partial charge in [-0.25, -0.2) is 4.98 Å². The Hall–Kier alpha value is -1.40. The molecule has 96 valence electrons. The van der Waals surface area contributed by atoms with E-state index in [0.29, 0.717) is 25.6 Å². The zero-order chi connectivity index (χ0) is 12.7. The van der Waals surface area contributed by atoms with E-state index in [9.17, 15) is 9.90 Å². The molecular formula is C11H18N2O4. The van der Waals surface area contributed by atoms with Crippen LogP contribution in [0.25, 0.3) is 0 Å². The van der Waals surface area contributed by atoms with E-state index < -0.39 is 12.1 Å². The van der Waals surface area contributed by atoms with Crippen LogP contribution in [0.4, 0.5) is 0 Å². The Morgan fingerprint density at radius 1 is 1.71 bits per heavy atom. The molecule has 1 rings (SSSR count). The van der Waals surface area contributed by atoms with Gasteiger partial charge in [-0.3, -0.25) is 4.79 Å². The average molecular weight is 242 g/mol. The number of nitrogens with one attached hydrogen (secondary N) is 1. The smallest absolute Gasteiger partial charge is 0.308 e. The standard InChI is InChI=1S/C11H18N2O4/c1-3-16-11(15)4-9(14)6-12-7-10-13-5-8(2)17-10/h5,9,12,14H,3-4,6-7H2,1-2H3. The number of hydrogen-bond acceptors (Lipinski definition) is 6. The summed E-state index contributed by atoms with van der Waals surface area (Å²) in [5.74, 6) is 0.911. The second-order valence-corrected chi connectivity index (χ2v) is 3.66. The van der Waals surface area contributed by atoms with Crippen molar-refractivity contribution >= 4 is 5.97 Å².